The van der Waals surface area contributed by atoms with E-state index < -0.39 is 11.4 Å². The van der Waals surface area contributed by atoms with Crippen molar-refractivity contribution in [2.75, 3.05) is 0 Å². The van der Waals surface area contributed by atoms with E-state index >= 15 is 0 Å². The standard InChI is InChI=1S/C21H30BrNO4/c1-12-11-16(22)18-17(13(12)2)25-21(6,26-18)14-7-9-15(10-8-14)23-19(24)27-20(3,4)5/h11,14-15H,7-10H2,1-6H3,(H,23,24). The van der Waals surface area contributed by atoms with Gasteiger partial charge in [0, 0.05) is 18.9 Å². The summed E-state index contributed by atoms with van der Waals surface area (Å²) in [5.74, 6) is 1.25. The van der Waals surface area contributed by atoms with E-state index in [0.717, 1.165) is 47.2 Å². The predicted molar refractivity (Wildman–Crippen MR) is 108 cm³/mol. The van der Waals surface area contributed by atoms with Gasteiger partial charge in [-0.25, -0.2) is 4.79 Å². The quantitative estimate of drug-likeness (QED) is 0.647. The zero-order chi connectivity index (χ0) is 20.0. The lowest BCUT2D eigenvalue weighted by atomic mass is 9.81. The molecule has 1 fully saturated rings. The maximum atomic E-state index is 12.0. The summed E-state index contributed by atoms with van der Waals surface area (Å²) in [6, 6.07) is 2.21. The summed E-state index contributed by atoms with van der Waals surface area (Å²) in [5.41, 5.74) is 1.83. The number of carbonyl (C=O) groups excluding carboxylic acids is 1. The average molecular weight is 440 g/mol. The fourth-order valence-electron chi connectivity index (χ4n) is 3.87. The van der Waals surface area contributed by atoms with E-state index in [1.54, 1.807) is 0 Å². The Balaban J connectivity index is 1.61. The smallest absolute Gasteiger partial charge is 0.407 e. The first kappa shape index (κ1) is 20.3. The Morgan fingerprint density at radius 3 is 2.37 bits per heavy atom. The molecule has 1 aliphatic carbocycles. The molecule has 3 rings (SSSR count). The molecule has 2 aliphatic rings. The van der Waals surface area contributed by atoms with Crippen LogP contribution in [0.1, 0.15) is 64.5 Å². The van der Waals surface area contributed by atoms with Crippen LogP contribution in [-0.4, -0.2) is 23.5 Å². The first-order valence-corrected chi connectivity index (χ1v) is 10.4. The molecular formula is C21H30BrNO4. The highest BCUT2D eigenvalue weighted by atomic mass is 79.9. The Morgan fingerprint density at radius 1 is 1.19 bits per heavy atom. The summed E-state index contributed by atoms with van der Waals surface area (Å²) in [4.78, 5) is 12.0. The van der Waals surface area contributed by atoms with Crippen molar-refractivity contribution in [3.63, 3.8) is 0 Å². The molecule has 1 atom stereocenters. The third-order valence-electron chi connectivity index (χ3n) is 5.50. The molecule has 5 nitrogen and oxygen atoms in total. The van der Waals surface area contributed by atoms with Gasteiger partial charge in [-0.1, -0.05) is 0 Å². The Morgan fingerprint density at radius 2 is 1.78 bits per heavy atom. The van der Waals surface area contributed by atoms with Crippen molar-refractivity contribution >= 4 is 22.0 Å². The van der Waals surface area contributed by atoms with Crippen LogP contribution in [0.5, 0.6) is 11.5 Å². The lowest BCUT2D eigenvalue weighted by Gasteiger charge is -2.37. The number of benzene rings is 1. The number of alkyl carbamates (subject to hydrolysis) is 1. The summed E-state index contributed by atoms with van der Waals surface area (Å²) >= 11 is 3.60. The van der Waals surface area contributed by atoms with Crippen LogP contribution in [0.2, 0.25) is 0 Å². The number of nitrogens with one attached hydrogen (secondary N) is 1. The van der Waals surface area contributed by atoms with Crippen LogP contribution < -0.4 is 14.8 Å². The van der Waals surface area contributed by atoms with Gasteiger partial charge in [0.1, 0.15) is 5.60 Å². The Kier molecular flexibility index (Phi) is 5.41. The molecule has 150 valence electrons. The van der Waals surface area contributed by atoms with Gasteiger partial charge in [-0.05, 0) is 93.4 Å². The molecule has 0 spiro atoms. The van der Waals surface area contributed by atoms with Crippen molar-refractivity contribution in [2.45, 2.75) is 84.7 Å². The summed E-state index contributed by atoms with van der Waals surface area (Å²) in [5, 5.41) is 2.99. The Bertz CT molecular complexity index is 735. The highest BCUT2D eigenvalue weighted by Crippen LogP contribution is 2.51. The minimum atomic E-state index is -0.666. The van der Waals surface area contributed by atoms with Crippen LogP contribution in [0.3, 0.4) is 0 Å². The summed E-state index contributed by atoms with van der Waals surface area (Å²) in [6.45, 7) is 11.8. The molecule has 1 aliphatic heterocycles. The van der Waals surface area contributed by atoms with Crippen molar-refractivity contribution in [1.29, 1.82) is 0 Å². The topological polar surface area (TPSA) is 56.8 Å². The van der Waals surface area contributed by atoms with Crippen LogP contribution >= 0.6 is 15.9 Å². The van der Waals surface area contributed by atoms with E-state index in [1.807, 2.05) is 27.7 Å². The number of ether oxygens (including phenoxy) is 3. The second kappa shape index (κ2) is 7.19. The molecule has 27 heavy (non-hydrogen) atoms. The summed E-state index contributed by atoms with van der Waals surface area (Å²) in [6.07, 6.45) is 3.30. The zero-order valence-electron chi connectivity index (χ0n) is 17.1. The predicted octanol–water partition coefficient (Wildman–Crippen LogP) is 5.64. The molecule has 1 amide bonds. The maximum Gasteiger partial charge on any atom is 0.407 e. The van der Waals surface area contributed by atoms with Crippen molar-refractivity contribution in [3.05, 3.63) is 21.7 Å². The van der Waals surface area contributed by atoms with Crippen molar-refractivity contribution in [2.24, 2.45) is 5.92 Å². The molecule has 1 N–H and O–H groups in total. The van der Waals surface area contributed by atoms with Gasteiger partial charge < -0.3 is 19.5 Å². The lowest BCUT2D eigenvalue weighted by Crippen LogP contribution is -2.48. The largest absolute Gasteiger partial charge is 0.448 e. The minimum Gasteiger partial charge on any atom is -0.448 e. The van der Waals surface area contributed by atoms with E-state index in [2.05, 4.69) is 41.2 Å². The molecule has 1 aromatic carbocycles. The molecule has 0 saturated heterocycles. The van der Waals surface area contributed by atoms with Crippen LogP contribution in [0.15, 0.2) is 10.5 Å². The first-order chi connectivity index (χ1) is 12.5. The molecule has 6 heteroatoms. The van der Waals surface area contributed by atoms with Crippen LogP contribution in [-0.2, 0) is 4.74 Å². The molecule has 0 radical (unpaired) electrons. The van der Waals surface area contributed by atoms with E-state index in [-0.39, 0.29) is 18.1 Å². The summed E-state index contributed by atoms with van der Waals surface area (Å²) in [7, 11) is 0. The zero-order valence-corrected chi connectivity index (χ0v) is 18.7. The first-order valence-electron chi connectivity index (χ1n) is 9.66. The van der Waals surface area contributed by atoms with Gasteiger partial charge in [-0.3, -0.25) is 0 Å². The third-order valence-corrected chi connectivity index (χ3v) is 6.09. The van der Waals surface area contributed by atoms with Crippen molar-refractivity contribution in [3.8, 4) is 11.5 Å². The highest BCUT2D eigenvalue weighted by Gasteiger charge is 2.47. The molecule has 1 heterocycles. The number of amides is 1. The van der Waals surface area contributed by atoms with Gasteiger partial charge in [-0.2, -0.15) is 0 Å². The number of rotatable bonds is 2. The molecule has 1 aromatic rings. The van der Waals surface area contributed by atoms with Gasteiger partial charge in [-0.15, -0.1) is 0 Å². The maximum absolute atomic E-state index is 12.0. The normalized spacial score (nSPS) is 27.4. The lowest BCUT2D eigenvalue weighted by molar-refractivity contribution is -0.121. The van der Waals surface area contributed by atoms with Gasteiger partial charge in [0.2, 0.25) is 0 Å². The van der Waals surface area contributed by atoms with E-state index in [9.17, 15) is 4.79 Å². The number of hydrogen-bond acceptors (Lipinski definition) is 4. The fraction of sp³-hybridized carbons (Fsp3) is 0.667. The molecule has 1 unspecified atom stereocenters. The number of fused-ring (bicyclic) bond motifs is 1. The number of aryl methyl sites for hydroxylation is 1. The number of carbonyl (C=O) groups is 1. The van der Waals surface area contributed by atoms with Gasteiger partial charge in [0.15, 0.2) is 11.5 Å². The molecule has 1 saturated carbocycles. The second-order valence-corrected chi connectivity index (χ2v) is 9.73. The SMILES string of the molecule is Cc1cc(Br)c2c(c1C)OC(C)(C1CCC(NC(=O)OC(C)(C)C)CC1)O2. The minimum absolute atomic E-state index is 0.138. The van der Waals surface area contributed by atoms with Crippen LogP contribution in [0.25, 0.3) is 0 Å². The highest BCUT2D eigenvalue weighted by molar-refractivity contribution is 9.10. The summed E-state index contributed by atoms with van der Waals surface area (Å²) < 4.78 is 18.9. The Hall–Kier alpha value is -1.43. The second-order valence-electron chi connectivity index (χ2n) is 8.87. The monoisotopic (exact) mass is 439 g/mol. The van der Waals surface area contributed by atoms with E-state index in [0.29, 0.717) is 0 Å². The third kappa shape index (κ3) is 4.36. The fourth-order valence-corrected chi connectivity index (χ4v) is 4.47. The molecular weight excluding hydrogens is 410 g/mol. The van der Waals surface area contributed by atoms with Gasteiger partial charge in [0.05, 0.1) is 4.47 Å². The van der Waals surface area contributed by atoms with E-state index in [4.69, 9.17) is 14.2 Å². The van der Waals surface area contributed by atoms with Crippen LogP contribution in [0.4, 0.5) is 4.79 Å². The van der Waals surface area contributed by atoms with Crippen molar-refractivity contribution < 1.29 is 19.0 Å². The number of halogens is 1. The van der Waals surface area contributed by atoms with Crippen molar-refractivity contribution in [1.82, 2.24) is 5.32 Å². The van der Waals surface area contributed by atoms with Gasteiger partial charge >= 0.3 is 6.09 Å². The molecule has 0 aromatic heterocycles. The van der Waals surface area contributed by atoms with Crippen LogP contribution in [0, 0.1) is 19.8 Å². The van der Waals surface area contributed by atoms with E-state index in [1.165, 1.54) is 5.56 Å². The van der Waals surface area contributed by atoms with Gasteiger partial charge in [0.25, 0.3) is 5.79 Å². The Labute approximate surface area is 170 Å². The average Bonchev–Trinajstić information content (AvgIpc) is 2.91. The number of hydrogen-bond donors (Lipinski definition) is 1. The molecule has 0 bridgehead atoms.